The van der Waals surface area contributed by atoms with Crippen LogP contribution in [0.3, 0.4) is 0 Å². The smallest absolute Gasteiger partial charge is 0.338 e. The molecule has 0 aromatic rings. The molecule has 4 saturated carbocycles. The van der Waals surface area contributed by atoms with E-state index in [9.17, 15) is 0 Å². The van der Waals surface area contributed by atoms with E-state index in [2.05, 4.69) is 39.7 Å². The molecular weight excluding hydrogens is 537 g/mol. The maximum Gasteiger partial charge on any atom is 0.338 e. The van der Waals surface area contributed by atoms with Crippen LogP contribution in [0.15, 0.2) is 25.3 Å². The first-order valence-electron chi connectivity index (χ1n) is 16.1. The van der Waals surface area contributed by atoms with Gasteiger partial charge in [-0.15, -0.1) is 13.2 Å². The molecule has 0 radical (unpaired) electrons. The molecule has 7 fully saturated rings. The highest BCUT2D eigenvalue weighted by Crippen LogP contribution is 2.49. The largest absolute Gasteiger partial charge is 0.394 e. The minimum atomic E-state index is -1.72. The second-order valence-electron chi connectivity index (χ2n) is 13.4. The van der Waals surface area contributed by atoms with Crippen molar-refractivity contribution in [3.05, 3.63) is 25.3 Å². The molecule has 4 aliphatic carbocycles. The van der Waals surface area contributed by atoms with Gasteiger partial charge in [-0.25, -0.2) is 0 Å². The van der Waals surface area contributed by atoms with Crippen LogP contribution >= 0.6 is 0 Å². The molecule has 0 spiro atoms. The van der Waals surface area contributed by atoms with Gasteiger partial charge in [-0.2, -0.15) is 0 Å². The van der Waals surface area contributed by atoms with E-state index in [-0.39, 0.29) is 0 Å². The SMILES string of the molecule is C1OC1C1CO1.C=CC1(C)CC1.C=CCOCC1CC1.CCO[Si](C)(OCC)C1CC1.C[Si](C)(C1CC1)C1CO1. The topological polar surface area (TPSA) is 65.3 Å². The predicted molar refractivity (Wildman–Crippen MR) is 169 cm³/mol. The lowest BCUT2D eigenvalue weighted by Gasteiger charge is -2.25. The van der Waals surface area contributed by atoms with Crippen LogP contribution in [0.1, 0.15) is 72.1 Å². The number of ether oxygens (including phenoxy) is 4. The van der Waals surface area contributed by atoms with Gasteiger partial charge >= 0.3 is 8.56 Å². The van der Waals surface area contributed by atoms with Crippen molar-refractivity contribution >= 4 is 16.6 Å². The first kappa shape index (κ1) is 34.2. The Labute approximate surface area is 247 Å². The minimum Gasteiger partial charge on any atom is -0.394 e. The maximum atomic E-state index is 5.71. The van der Waals surface area contributed by atoms with Crippen molar-refractivity contribution in [2.45, 2.75) is 121 Å². The molecule has 0 aromatic carbocycles. The number of rotatable bonds is 13. The maximum absolute atomic E-state index is 5.71. The molecule has 0 bridgehead atoms. The standard InChI is InChI=1S/C8H18O2Si.C7H14OSi.C7H12O.C6H10.C4H6O2/c1-4-9-11(3,10-5-2)8-6-7-8;1-9(2,6-3-4-6)7-5-8-7;1-2-5-8-6-7-3-4-7;1-3-6(2)4-5-6;1-3(5-1)4-2-6-4/h8H,4-7H2,1-3H3;6-7H,3-5H2,1-2H3;2,7H,1,3-6H2;3H,1,4-5H2,2H3;3-4H,1-2H2. The fraction of sp³-hybridized carbons (Fsp3) is 0.875. The third kappa shape index (κ3) is 13.8. The Bertz CT molecular complexity index is 719. The Kier molecular flexibility index (Phi) is 13.6. The molecule has 40 heavy (non-hydrogen) atoms. The van der Waals surface area contributed by atoms with Gasteiger partial charge in [-0.05, 0) is 75.8 Å². The second kappa shape index (κ2) is 15.9. The minimum absolute atomic E-state index is 0.491. The van der Waals surface area contributed by atoms with Gasteiger partial charge in [-0.1, -0.05) is 45.0 Å². The van der Waals surface area contributed by atoms with E-state index in [1.807, 2.05) is 19.9 Å². The van der Waals surface area contributed by atoms with Gasteiger partial charge in [0.2, 0.25) is 0 Å². The van der Waals surface area contributed by atoms with Crippen molar-refractivity contribution in [3.63, 3.8) is 0 Å². The summed E-state index contributed by atoms with van der Waals surface area (Å²) in [4.78, 5) is 0. The predicted octanol–water partition coefficient (Wildman–Crippen LogP) is 7.45. The van der Waals surface area contributed by atoms with Crippen molar-refractivity contribution in [1.29, 1.82) is 0 Å². The van der Waals surface area contributed by atoms with Gasteiger partial charge < -0.3 is 27.8 Å². The van der Waals surface area contributed by atoms with Crippen LogP contribution in [0.25, 0.3) is 0 Å². The summed E-state index contributed by atoms with van der Waals surface area (Å²) in [5.74, 6) is 0.884. The van der Waals surface area contributed by atoms with Crippen LogP contribution in [-0.4, -0.2) is 80.8 Å². The first-order chi connectivity index (χ1) is 19.1. The molecule has 7 aliphatic rings. The number of allylic oxidation sites excluding steroid dienone is 1. The average Bonchev–Trinajstić information content (AvgIpc) is 3.78. The fourth-order valence-corrected chi connectivity index (χ4v) is 10.6. The summed E-state index contributed by atoms with van der Waals surface area (Å²) >= 11 is 0. The van der Waals surface area contributed by atoms with Crippen LogP contribution in [-0.2, 0) is 27.8 Å². The molecule has 3 unspecified atom stereocenters. The highest BCUT2D eigenvalue weighted by molar-refractivity contribution is 6.81. The Morgan fingerprint density at radius 3 is 1.57 bits per heavy atom. The van der Waals surface area contributed by atoms with E-state index >= 15 is 0 Å². The summed E-state index contributed by atoms with van der Waals surface area (Å²) in [5, 5.41) is 0. The number of hydrogen-bond donors (Lipinski definition) is 0. The molecule has 3 aliphatic heterocycles. The summed E-state index contributed by atoms with van der Waals surface area (Å²) in [5.41, 5.74) is 3.19. The van der Waals surface area contributed by atoms with Crippen LogP contribution in [0.2, 0.25) is 30.7 Å². The van der Waals surface area contributed by atoms with E-state index in [0.29, 0.717) is 17.6 Å². The summed E-state index contributed by atoms with van der Waals surface area (Å²) in [6.07, 6.45) is 15.9. The molecule has 232 valence electrons. The molecule has 6 nitrogen and oxygen atoms in total. The zero-order valence-electron chi connectivity index (χ0n) is 26.6. The molecule has 0 aromatic heterocycles. The van der Waals surface area contributed by atoms with Gasteiger partial charge in [-0.3, -0.25) is 0 Å². The van der Waals surface area contributed by atoms with Crippen LogP contribution in [0.4, 0.5) is 0 Å². The van der Waals surface area contributed by atoms with Crippen LogP contribution < -0.4 is 0 Å². The first-order valence-corrected chi connectivity index (χ1v) is 21.6. The Hall–Kier alpha value is -0.326. The highest BCUT2D eigenvalue weighted by Gasteiger charge is 2.51. The molecule has 3 saturated heterocycles. The summed E-state index contributed by atoms with van der Waals surface area (Å²) in [7, 11) is -2.57. The lowest BCUT2D eigenvalue weighted by Crippen LogP contribution is -2.39. The molecule has 3 heterocycles. The molecule has 7 rings (SSSR count). The van der Waals surface area contributed by atoms with Gasteiger partial charge in [0.15, 0.2) is 0 Å². The van der Waals surface area contributed by atoms with Crippen LogP contribution in [0.5, 0.6) is 0 Å². The van der Waals surface area contributed by atoms with Crippen LogP contribution in [0, 0.1) is 11.3 Å². The summed E-state index contributed by atoms with van der Waals surface area (Å²) < 4.78 is 31.8. The zero-order valence-corrected chi connectivity index (χ0v) is 28.6. The summed E-state index contributed by atoms with van der Waals surface area (Å²) in [6.45, 7) is 26.9. The van der Waals surface area contributed by atoms with Crippen molar-refractivity contribution in [2.24, 2.45) is 11.3 Å². The lowest BCUT2D eigenvalue weighted by molar-refractivity contribution is 0.151. The van der Waals surface area contributed by atoms with E-state index in [1.165, 1.54) is 51.4 Å². The molecular formula is C32H60O6Si2. The summed E-state index contributed by atoms with van der Waals surface area (Å²) in [6, 6.07) is 0. The molecule has 0 N–H and O–H groups in total. The van der Waals surface area contributed by atoms with Gasteiger partial charge in [0.05, 0.1) is 40.2 Å². The van der Waals surface area contributed by atoms with E-state index < -0.39 is 16.6 Å². The fourth-order valence-electron chi connectivity index (χ4n) is 4.57. The Morgan fingerprint density at radius 1 is 0.800 bits per heavy atom. The van der Waals surface area contributed by atoms with Crippen molar-refractivity contribution < 1.29 is 27.8 Å². The third-order valence-corrected chi connectivity index (χ3v) is 17.4. The second-order valence-corrected chi connectivity index (χ2v) is 22.0. The average molecular weight is 597 g/mol. The molecule has 0 amide bonds. The number of hydrogen-bond acceptors (Lipinski definition) is 6. The quantitative estimate of drug-likeness (QED) is 0.0952. The van der Waals surface area contributed by atoms with Gasteiger partial charge in [0.25, 0.3) is 0 Å². The third-order valence-electron chi connectivity index (χ3n) is 8.92. The van der Waals surface area contributed by atoms with E-state index in [1.54, 1.807) is 6.08 Å². The van der Waals surface area contributed by atoms with Crippen molar-refractivity contribution in [2.75, 3.05) is 46.2 Å². The number of epoxide rings is 3. The Balaban J connectivity index is 0.000000140. The van der Waals surface area contributed by atoms with Crippen molar-refractivity contribution in [3.8, 4) is 0 Å². The van der Waals surface area contributed by atoms with Gasteiger partial charge in [0.1, 0.15) is 12.2 Å². The normalized spacial score (nSPS) is 28.4. The molecule has 3 atom stereocenters. The molecule has 8 heteroatoms. The monoisotopic (exact) mass is 596 g/mol. The van der Waals surface area contributed by atoms with Crippen molar-refractivity contribution in [1.82, 2.24) is 0 Å². The van der Waals surface area contributed by atoms with E-state index in [0.717, 1.165) is 69.0 Å². The highest BCUT2D eigenvalue weighted by atomic mass is 28.4. The Morgan fingerprint density at radius 2 is 1.30 bits per heavy atom. The zero-order chi connectivity index (χ0) is 29.2. The van der Waals surface area contributed by atoms with E-state index in [4.69, 9.17) is 27.8 Å². The lowest BCUT2D eigenvalue weighted by atomic mass is 10.1. The van der Waals surface area contributed by atoms with Gasteiger partial charge in [0, 0.05) is 25.4 Å².